The molecule has 4 rings (SSSR count). The van der Waals surface area contributed by atoms with Crippen LogP contribution in [0.25, 0.3) is 21.9 Å². The second kappa shape index (κ2) is 5.12. The fourth-order valence-corrected chi connectivity index (χ4v) is 3.11. The van der Waals surface area contributed by atoms with E-state index in [0.717, 1.165) is 28.0 Å². The molecule has 0 bridgehead atoms. The maximum atomic E-state index is 12.9. The first kappa shape index (κ1) is 14.8. The average molecular weight is 329 g/mol. The normalized spacial score (nSPS) is 12.3. The Hall–Kier alpha value is -2.76. The van der Waals surface area contributed by atoms with Crippen LogP contribution in [0, 0.1) is 0 Å². The standard InChI is InChI=1S/C18H14F3N3/c1-23-11-15-14-7-2-3-8-16(14)24(17(15)22-23)10-12-5-4-6-13(9-12)18(19,20)21/h2-9,11H,10H2,1H3. The van der Waals surface area contributed by atoms with E-state index in [1.165, 1.54) is 12.1 Å². The largest absolute Gasteiger partial charge is 0.416 e. The topological polar surface area (TPSA) is 22.8 Å². The van der Waals surface area contributed by atoms with E-state index < -0.39 is 11.7 Å². The average Bonchev–Trinajstić information content (AvgIpc) is 3.04. The third kappa shape index (κ3) is 2.35. The van der Waals surface area contributed by atoms with Gasteiger partial charge in [0.15, 0.2) is 5.65 Å². The summed E-state index contributed by atoms with van der Waals surface area (Å²) in [5.74, 6) is 0. The summed E-state index contributed by atoms with van der Waals surface area (Å²) in [6.07, 6.45) is -2.41. The van der Waals surface area contributed by atoms with E-state index >= 15 is 0 Å². The van der Waals surface area contributed by atoms with Gasteiger partial charge in [-0.2, -0.15) is 18.3 Å². The van der Waals surface area contributed by atoms with Gasteiger partial charge >= 0.3 is 6.18 Å². The lowest BCUT2D eigenvalue weighted by atomic mass is 10.1. The van der Waals surface area contributed by atoms with Gasteiger partial charge in [0, 0.05) is 30.6 Å². The molecule has 0 N–H and O–H groups in total. The molecule has 3 nitrogen and oxygen atoms in total. The fourth-order valence-electron chi connectivity index (χ4n) is 3.11. The molecule has 0 amide bonds. The maximum absolute atomic E-state index is 12.9. The quantitative estimate of drug-likeness (QED) is 0.527. The van der Waals surface area contributed by atoms with Crippen LogP contribution in [0.3, 0.4) is 0 Å². The predicted molar refractivity (Wildman–Crippen MR) is 86.8 cm³/mol. The van der Waals surface area contributed by atoms with Gasteiger partial charge in [-0.05, 0) is 23.8 Å². The van der Waals surface area contributed by atoms with Crippen molar-refractivity contribution >= 4 is 21.9 Å². The van der Waals surface area contributed by atoms with E-state index in [1.54, 1.807) is 10.7 Å². The number of benzene rings is 2. The molecule has 2 heterocycles. The van der Waals surface area contributed by atoms with Gasteiger partial charge in [-0.25, -0.2) is 0 Å². The highest BCUT2D eigenvalue weighted by Gasteiger charge is 2.30. The van der Waals surface area contributed by atoms with Gasteiger partial charge < -0.3 is 4.57 Å². The third-order valence-corrected chi connectivity index (χ3v) is 4.14. The van der Waals surface area contributed by atoms with Gasteiger partial charge in [0.25, 0.3) is 0 Å². The highest BCUT2D eigenvalue weighted by atomic mass is 19.4. The number of hydrogen-bond acceptors (Lipinski definition) is 1. The van der Waals surface area contributed by atoms with Gasteiger partial charge in [0.05, 0.1) is 11.1 Å². The molecule has 2 aromatic carbocycles. The van der Waals surface area contributed by atoms with Crippen LogP contribution in [-0.2, 0) is 19.8 Å². The Balaban J connectivity index is 1.87. The predicted octanol–water partition coefficient (Wildman–Crippen LogP) is 4.60. The van der Waals surface area contributed by atoms with Crippen molar-refractivity contribution in [3.8, 4) is 0 Å². The minimum absolute atomic E-state index is 0.338. The van der Waals surface area contributed by atoms with Gasteiger partial charge in [-0.1, -0.05) is 30.3 Å². The van der Waals surface area contributed by atoms with Crippen molar-refractivity contribution in [2.24, 2.45) is 7.05 Å². The molecule has 0 aliphatic heterocycles. The summed E-state index contributed by atoms with van der Waals surface area (Å²) in [4.78, 5) is 0. The van der Waals surface area contributed by atoms with E-state index in [0.29, 0.717) is 12.1 Å². The van der Waals surface area contributed by atoms with E-state index in [9.17, 15) is 13.2 Å². The van der Waals surface area contributed by atoms with Gasteiger partial charge in [-0.3, -0.25) is 4.68 Å². The molecule has 0 saturated heterocycles. The van der Waals surface area contributed by atoms with Crippen molar-refractivity contribution in [3.05, 3.63) is 65.9 Å². The molecule has 0 atom stereocenters. The summed E-state index contributed by atoms with van der Waals surface area (Å²) in [6, 6.07) is 13.3. The highest BCUT2D eigenvalue weighted by molar-refractivity contribution is 6.06. The number of hydrogen-bond donors (Lipinski definition) is 0. The van der Waals surface area contributed by atoms with Gasteiger partial charge in [-0.15, -0.1) is 0 Å². The molecule has 6 heteroatoms. The summed E-state index contributed by atoms with van der Waals surface area (Å²) >= 11 is 0. The lowest BCUT2D eigenvalue weighted by molar-refractivity contribution is -0.137. The molecule has 122 valence electrons. The number of alkyl halides is 3. The number of nitrogens with zero attached hydrogens (tertiary/aromatic N) is 3. The van der Waals surface area contributed by atoms with Crippen molar-refractivity contribution in [2.75, 3.05) is 0 Å². The first-order valence-electron chi connectivity index (χ1n) is 7.50. The fraction of sp³-hybridized carbons (Fsp3) is 0.167. The van der Waals surface area contributed by atoms with Crippen LogP contribution in [0.15, 0.2) is 54.7 Å². The van der Waals surface area contributed by atoms with E-state index in [-0.39, 0.29) is 0 Å². The Kier molecular flexibility index (Phi) is 3.16. The second-order valence-corrected chi connectivity index (χ2v) is 5.84. The Morgan fingerprint density at radius 3 is 2.58 bits per heavy atom. The lowest BCUT2D eigenvalue weighted by Crippen LogP contribution is -2.07. The zero-order valence-corrected chi connectivity index (χ0v) is 12.9. The Morgan fingerprint density at radius 2 is 1.79 bits per heavy atom. The van der Waals surface area contributed by atoms with E-state index in [1.807, 2.05) is 42.1 Å². The Bertz CT molecular complexity index is 1040. The van der Waals surface area contributed by atoms with Crippen LogP contribution in [0.5, 0.6) is 0 Å². The molecular weight excluding hydrogens is 315 g/mol. The van der Waals surface area contributed by atoms with E-state index in [4.69, 9.17) is 0 Å². The molecule has 0 aliphatic carbocycles. The SMILES string of the molecule is Cn1cc2c3ccccc3n(Cc3cccc(C(F)(F)F)c3)c2n1. The molecule has 0 unspecified atom stereocenters. The van der Waals surface area contributed by atoms with Gasteiger partial charge in [0.1, 0.15) is 0 Å². The zero-order valence-electron chi connectivity index (χ0n) is 12.9. The third-order valence-electron chi connectivity index (χ3n) is 4.14. The smallest absolute Gasteiger partial charge is 0.319 e. The van der Waals surface area contributed by atoms with Crippen molar-refractivity contribution in [2.45, 2.75) is 12.7 Å². The number of fused-ring (bicyclic) bond motifs is 3. The zero-order chi connectivity index (χ0) is 16.9. The van der Waals surface area contributed by atoms with Crippen molar-refractivity contribution in [1.29, 1.82) is 0 Å². The molecule has 0 aliphatic rings. The minimum atomic E-state index is -4.34. The van der Waals surface area contributed by atoms with Crippen LogP contribution in [-0.4, -0.2) is 14.3 Å². The molecule has 4 aromatic rings. The number of rotatable bonds is 2. The Labute approximate surface area is 135 Å². The highest BCUT2D eigenvalue weighted by Crippen LogP contribution is 2.31. The second-order valence-electron chi connectivity index (χ2n) is 5.84. The number of aryl methyl sites for hydroxylation is 1. The lowest BCUT2D eigenvalue weighted by Gasteiger charge is -2.10. The Morgan fingerprint density at radius 1 is 1.00 bits per heavy atom. The molecule has 24 heavy (non-hydrogen) atoms. The summed E-state index contributed by atoms with van der Waals surface area (Å²) in [6.45, 7) is 0.338. The minimum Gasteiger partial charge on any atom is -0.319 e. The molecule has 0 saturated carbocycles. The van der Waals surface area contributed by atoms with Crippen LogP contribution >= 0.6 is 0 Å². The molecule has 0 spiro atoms. The summed E-state index contributed by atoms with van der Waals surface area (Å²) in [5, 5.41) is 6.52. The van der Waals surface area contributed by atoms with Crippen molar-refractivity contribution < 1.29 is 13.2 Å². The maximum Gasteiger partial charge on any atom is 0.416 e. The molecular formula is C18H14F3N3. The number of para-hydroxylation sites is 1. The summed E-state index contributed by atoms with van der Waals surface area (Å²) in [7, 11) is 1.84. The molecule has 0 radical (unpaired) electrons. The summed E-state index contributed by atoms with van der Waals surface area (Å²) in [5.41, 5.74) is 1.70. The molecule has 0 fully saturated rings. The van der Waals surface area contributed by atoms with Crippen LogP contribution in [0.2, 0.25) is 0 Å². The van der Waals surface area contributed by atoms with Crippen molar-refractivity contribution in [3.63, 3.8) is 0 Å². The van der Waals surface area contributed by atoms with Crippen LogP contribution in [0.1, 0.15) is 11.1 Å². The first-order chi connectivity index (χ1) is 11.4. The number of aromatic nitrogens is 3. The van der Waals surface area contributed by atoms with Gasteiger partial charge in [0.2, 0.25) is 0 Å². The van der Waals surface area contributed by atoms with Crippen LogP contribution in [0.4, 0.5) is 13.2 Å². The summed E-state index contributed by atoms with van der Waals surface area (Å²) < 4.78 is 42.5. The molecule has 2 aromatic heterocycles. The monoisotopic (exact) mass is 329 g/mol. The van der Waals surface area contributed by atoms with E-state index in [2.05, 4.69) is 5.10 Å². The number of halogens is 3. The first-order valence-corrected chi connectivity index (χ1v) is 7.50. The van der Waals surface area contributed by atoms with Crippen LogP contribution < -0.4 is 0 Å². The van der Waals surface area contributed by atoms with Crippen molar-refractivity contribution in [1.82, 2.24) is 14.3 Å².